The summed E-state index contributed by atoms with van der Waals surface area (Å²) in [6, 6.07) is 3.07. The fourth-order valence-electron chi connectivity index (χ4n) is 0.972. The molecule has 5 nitrogen and oxygen atoms in total. The van der Waals surface area contributed by atoms with Crippen LogP contribution in [0.1, 0.15) is 6.92 Å². The first-order valence-corrected chi connectivity index (χ1v) is 4.74. The van der Waals surface area contributed by atoms with Crippen molar-refractivity contribution in [2.75, 3.05) is 5.32 Å². The number of amides is 1. The molecule has 1 atom stereocenters. The Morgan fingerprint density at radius 3 is 2.75 bits per heavy atom. The average Bonchev–Trinajstić information content (AvgIpc) is 2.20. The van der Waals surface area contributed by atoms with Gasteiger partial charge in [-0.05, 0) is 19.1 Å². The molecule has 0 aliphatic heterocycles. The largest absolute Gasteiger partial charge is 0.325 e. The summed E-state index contributed by atoms with van der Waals surface area (Å²) in [7, 11) is 0. The zero-order valence-corrected chi connectivity index (χ0v) is 8.99. The number of benzene rings is 1. The van der Waals surface area contributed by atoms with Gasteiger partial charge in [0.15, 0.2) is 0 Å². The lowest BCUT2D eigenvalue weighted by Gasteiger charge is -2.06. The van der Waals surface area contributed by atoms with E-state index in [1.807, 2.05) is 0 Å². The molecule has 1 aromatic rings. The van der Waals surface area contributed by atoms with E-state index in [1.165, 1.54) is 13.0 Å². The number of hydrogen-bond acceptors (Lipinski definition) is 3. The van der Waals surface area contributed by atoms with E-state index >= 15 is 0 Å². The topological polar surface area (TPSA) is 72.2 Å². The molecule has 0 bridgehead atoms. The van der Waals surface area contributed by atoms with Crippen molar-refractivity contribution in [2.45, 2.75) is 12.3 Å². The van der Waals surface area contributed by atoms with Gasteiger partial charge in [0, 0.05) is 11.8 Å². The van der Waals surface area contributed by atoms with Gasteiger partial charge in [-0.1, -0.05) is 0 Å². The van der Waals surface area contributed by atoms with Gasteiger partial charge in [-0.15, -0.1) is 11.6 Å². The lowest BCUT2D eigenvalue weighted by molar-refractivity contribution is -0.387. The second-order valence-corrected chi connectivity index (χ2v) is 3.68. The van der Waals surface area contributed by atoms with Crippen molar-refractivity contribution in [3.63, 3.8) is 0 Å². The van der Waals surface area contributed by atoms with Crippen molar-refractivity contribution >= 4 is 28.9 Å². The van der Waals surface area contributed by atoms with Crippen molar-refractivity contribution in [1.82, 2.24) is 0 Å². The van der Waals surface area contributed by atoms with Gasteiger partial charge in [0.05, 0.1) is 4.92 Å². The lowest BCUT2D eigenvalue weighted by Crippen LogP contribution is -2.20. The number of halogens is 2. The highest BCUT2D eigenvalue weighted by Crippen LogP contribution is 2.21. The molecule has 0 aromatic heterocycles. The predicted octanol–water partition coefficient (Wildman–Crippen LogP) is 2.30. The Morgan fingerprint density at radius 2 is 2.25 bits per heavy atom. The standard InChI is InChI=1S/C9H8ClFN2O3/c1-5(10)9(14)12-6-2-3-7(11)8(4-6)13(15)16/h2-5H,1H3,(H,12,14). The van der Waals surface area contributed by atoms with Gasteiger partial charge < -0.3 is 5.32 Å². The van der Waals surface area contributed by atoms with E-state index in [4.69, 9.17) is 11.6 Å². The van der Waals surface area contributed by atoms with E-state index in [9.17, 15) is 19.3 Å². The quantitative estimate of drug-likeness (QED) is 0.505. The predicted molar refractivity (Wildman–Crippen MR) is 57.0 cm³/mol. The second-order valence-electron chi connectivity index (χ2n) is 3.03. The van der Waals surface area contributed by atoms with E-state index in [0.717, 1.165) is 12.1 Å². The molecule has 0 fully saturated rings. The molecular formula is C9H8ClFN2O3. The highest BCUT2D eigenvalue weighted by atomic mass is 35.5. The molecule has 1 aromatic carbocycles. The number of anilines is 1. The Morgan fingerprint density at radius 1 is 1.62 bits per heavy atom. The van der Waals surface area contributed by atoms with E-state index in [1.54, 1.807) is 0 Å². The maximum Gasteiger partial charge on any atom is 0.306 e. The number of alkyl halides is 1. The van der Waals surface area contributed by atoms with Gasteiger partial charge in [0.2, 0.25) is 11.7 Å². The normalized spacial score (nSPS) is 11.9. The third-order valence-electron chi connectivity index (χ3n) is 1.77. The van der Waals surface area contributed by atoms with Gasteiger partial charge in [-0.25, -0.2) is 0 Å². The van der Waals surface area contributed by atoms with Crippen molar-refractivity contribution in [3.05, 3.63) is 34.1 Å². The summed E-state index contributed by atoms with van der Waals surface area (Å²) in [4.78, 5) is 20.7. The molecule has 1 unspecified atom stereocenters. The van der Waals surface area contributed by atoms with Crippen molar-refractivity contribution < 1.29 is 14.1 Å². The zero-order valence-electron chi connectivity index (χ0n) is 8.24. The van der Waals surface area contributed by atoms with Crippen LogP contribution in [0.4, 0.5) is 15.8 Å². The van der Waals surface area contributed by atoms with Crippen LogP contribution in [0, 0.1) is 15.9 Å². The Balaban J connectivity index is 2.95. The molecule has 1 amide bonds. The lowest BCUT2D eigenvalue weighted by atomic mass is 10.2. The number of carbonyl (C=O) groups excluding carboxylic acids is 1. The molecule has 1 rings (SSSR count). The molecule has 86 valence electrons. The van der Waals surface area contributed by atoms with E-state index in [2.05, 4.69) is 5.32 Å². The number of nitrogens with one attached hydrogen (secondary N) is 1. The van der Waals surface area contributed by atoms with Crippen molar-refractivity contribution in [2.24, 2.45) is 0 Å². The molecule has 0 saturated carbocycles. The van der Waals surface area contributed by atoms with Crippen molar-refractivity contribution in [1.29, 1.82) is 0 Å². The monoisotopic (exact) mass is 246 g/mol. The summed E-state index contributed by atoms with van der Waals surface area (Å²) < 4.78 is 12.9. The Labute approximate surface area is 95.4 Å². The number of rotatable bonds is 3. The molecule has 1 N–H and O–H groups in total. The van der Waals surface area contributed by atoms with Crippen LogP contribution in [0.25, 0.3) is 0 Å². The van der Waals surface area contributed by atoms with Crippen LogP contribution in [0.15, 0.2) is 18.2 Å². The average molecular weight is 247 g/mol. The first-order valence-electron chi connectivity index (χ1n) is 4.30. The van der Waals surface area contributed by atoms with Crippen LogP contribution in [-0.4, -0.2) is 16.2 Å². The summed E-state index contributed by atoms with van der Waals surface area (Å²) in [5.41, 5.74) is -0.564. The number of nitro groups is 1. The maximum atomic E-state index is 12.9. The zero-order chi connectivity index (χ0) is 12.3. The molecular weight excluding hydrogens is 239 g/mol. The van der Waals surface area contributed by atoms with E-state index in [-0.39, 0.29) is 5.69 Å². The molecule has 16 heavy (non-hydrogen) atoms. The molecule has 0 spiro atoms. The molecule has 0 heterocycles. The molecule has 0 aliphatic rings. The number of nitro benzene ring substituents is 1. The number of nitrogens with zero attached hydrogens (tertiary/aromatic N) is 1. The summed E-state index contributed by atoms with van der Waals surface area (Å²) in [6.07, 6.45) is 0. The summed E-state index contributed by atoms with van der Waals surface area (Å²) >= 11 is 5.49. The highest BCUT2D eigenvalue weighted by Gasteiger charge is 2.16. The minimum absolute atomic E-state index is 0.130. The summed E-state index contributed by atoms with van der Waals surface area (Å²) in [5.74, 6) is -1.47. The first-order chi connectivity index (χ1) is 7.41. The number of carbonyl (C=O) groups is 1. The third kappa shape index (κ3) is 2.90. The Hall–Kier alpha value is -1.69. The van der Waals surface area contributed by atoms with Crippen LogP contribution in [0.2, 0.25) is 0 Å². The summed E-state index contributed by atoms with van der Waals surface area (Å²) in [6.45, 7) is 1.45. The van der Waals surface area contributed by atoms with Gasteiger partial charge >= 0.3 is 5.69 Å². The van der Waals surface area contributed by atoms with Crippen LogP contribution in [0.3, 0.4) is 0 Å². The van der Waals surface area contributed by atoms with Gasteiger partial charge in [-0.3, -0.25) is 14.9 Å². The Kier molecular flexibility index (Phi) is 3.78. The van der Waals surface area contributed by atoms with Gasteiger partial charge in [0.1, 0.15) is 5.38 Å². The van der Waals surface area contributed by atoms with Gasteiger partial charge in [-0.2, -0.15) is 4.39 Å². The second kappa shape index (κ2) is 4.89. The minimum Gasteiger partial charge on any atom is -0.325 e. The van der Waals surface area contributed by atoms with E-state index < -0.39 is 27.7 Å². The molecule has 0 aliphatic carbocycles. The highest BCUT2D eigenvalue weighted by molar-refractivity contribution is 6.32. The van der Waals surface area contributed by atoms with Crippen molar-refractivity contribution in [3.8, 4) is 0 Å². The summed E-state index contributed by atoms with van der Waals surface area (Å²) in [5, 5.41) is 12.0. The van der Waals surface area contributed by atoms with Crippen LogP contribution < -0.4 is 5.32 Å². The molecule has 7 heteroatoms. The number of hydrogen-bond donors (Lipinski definition) is 1. The van der Waals surface area contributed by atoms with E-state index in [0.29, 0.717) is 0 Å². The van der Waals surface area contributed by atoms with Gasteiger partial charge in [0.25, 0.3) is 0 Å². The fourth-order valence-corrected chi connectivity index (χ4v) is 1.03. The first kappa shape index (κ1) is 12.4. The maximum absolute atomic E-state index is 12.9. The Bertz CT molecular complexity index is 437. The fraction of sp³-hybridized carbons (Fsp3) is 0.222. The molecule has 0 saturated heterocycles. The SMILES string of the molecule is CC(Cl)C(=O)Nc1ccc(F)c([N+](=O)[O-])c1. The minimum atomic E-state index is -0.957. The van der Waals surface area contributed by atoms with Crippen LogP contribution in [-0.2, 0) is 4.79 Å². The smallest absolute Gasteiger partial charge is 0.306 e. The van der Waals surface area contributed by atoms with Crippen LogP contribution >= 0.6 is 11.6 Å². The molecule has 0 radical (unpaired) electrons. The third-order valence-corrected chi connectivity index (χ3v) is 1.97. The van der Waals surface area contributed by atoms with Crippen LogP contribution in [0.5, 0.6) is 0 Å².